The third-order valence-corrected chi connectivity index (χ3v) is 4.15. The number of benzene rings is 2. The first kappa shape index (κ1) is 18.7. The molecular weight excluding hydrogens is 366 g/mol. The number of halogens is 1. The Kier molecular flexibility index (Phi) is 5.62. The van der Waals surface area contributed by atoms with Crippen LogP contribution in [0.5, 0.6) is 17.2 Å². The quantitative estimate of drug-likeness (QED) is 0.458. The molecule has 3 rings (SSSR count). The van der Waals surface area contributed by atoms with Crippen molar-refractivity contribution in [3.8, 4) is 17.2 Å². The second-order valence-corrected chi connectivity index (χ2v) is 6.14. The molecule has 0 saturated heterocycles. The smallest absolute Gasteiger partial charge is 0.308 e. The van der Waals surface area contributed by atoms with Crippen molar-refractivity contribution < 1.29 is 19.0 Å². The second kappa shape index (κ2) is 8.10. The van der Waals surface area contributed by atoms with Gasteiger partial charge in [0.2, 0.25) is 0 Å². The van der Waals surface area contributed by atoms with Crippen molar-refractivity contribution in [1.82, 2.24) is 4.98 Å². The summed E-state index contributed by atoms with van der Waals surface area (Å²) in [7, 11) is 3.11. The Morgan fingerprint density at radius 2 is 1.81 bits per heavy atom. The summed E-state index contributed by atoms with van der Waals surface area (Å²) in [5.74, 6) is 0.842. The summed E-state index contributed by atoms with van der Waals surface area (Å²) in [5.41, 5.74) is 2.35. The molecule has 0 spiro atoms. The van der Waals surface area contributed by atoms with E-state index in [9.17, 15) is 4.79 Å². The van der Waals surface area contributed by atoms with Crippen LogP contribution in [0.4, 0.5) is 0 Å². The Bertz CT molecular complexity index is 1030. The van der Waals surface area contributed by atoms with Gasteiger partial charge in [-0.05, 0) is 35.9 Å². The van der Waals surface area contributed by atoms with Crippen molar-refractivity contribution in [3.05, 3.63) is 58.7 Å². The minimum Gasteiger partial charge on any atom is -0.494 e. The van der Waals surface area contributed by atoms with Gasteiger partial charge in [-0.1, -0.05) is 35.9 Å². The predicted octanol–water partition coefficient (Wildman–Crippen LogP) is 5.00. The molecule has 0 saturated carbocycles. The highest BCUT2D eigenvalue weighted by molar-refractivity contribution is 6.32. The van der Waals surface area contributed by atoms with Gasteiger partial charge < -0.3 is 14.2 Å². The van der Waals surface area contributed by atoms with Crippen molar-refractivity contribution in [2.45, 2.75) is 6.92 Å². The van der Waals surface area contributed by atoms with E-state index >= 15 is 0 Å². The number of carbonyl (C=O) groups is 1. The minimum absolute atomic E-state index is 0.206. The van der Waals surface area contributed by atoms with Crippen LogP contribution in [0.25, 0.3) is 23.1 Å². The van der Waals surface area contributed by atoms with Crippen molar-refractivity contribution in [2.75, 3.05) is 14.2 Å². The summed E-state index contributed by atoms with van der Waals surface area (Å²) in [6, 6.07) is 13.1. The Morgan fingerprint density at radius 1 is 1.04 bits per heavy atom. The van der Waals surface area contributed by atoms with Gasteiger partial charge in [-0.2, -0.15) is 0 Å². The van der Waals surface area contributed by atoms with E-state index in [2.05, 4.69) is 4.98 Å². The normalized spacial score (nSPS) is 11.0. The highest BCUT2D eigenvalue weighted by atomic mass is 35.5. The molecule has 0 aliphatic carbocycles. The zero-order valence-electron chi connectivity index (χ0n) is 15.2. The van der Waals surface area contributed by atoms with Crippen LogP contribution in [-0.2, 0) is 4.79 Å². The van der Waals surface area contributed by atoms with Crippen molar-refractivity contribution >= 4 is 40.6 Å². The molecule has 0 amide bonds. The van der Waals surface area contributed by atoms with E-state index in [-0.39, 0.29) is 10.8 Å². The lowest BCUT2D eigenvalue weighted by molar-refractivity contribution is -0.132. The van der Waals surface area contributed by atoms with Crippen LogP contribution in [0.1, 0.15) is 18.2 Å². The SMILES string of the molecule is COc1cc(C=Cc2ccc3cccc(OC)c3n2)cc(Cl)c1OC(C)=O. The van der Waals surface area contributed by atoms with E-state index < -0.39 is 5.97 Å². The number of fused-ring (bicyclic) bond motifs is 1. The summed E-state index contributed by atoms with van der Waals surface area (Å²) in [6.07, 6.45) is 3.72. The number of methoxy groups -OCH3 is 2. The molecule has 138 valence electrons. The van der Waals surface area contributed by atoms with E-state index in [4.69, 9.17) is 25.8 Å². The molecule has 0 unspecified atom stereocenters. The van der Waals surface area contributed by atoms with Crippen molar-refractivity contribution in [1.29, 1.82) is 0 Å². The molecule has 0 atom stereocenters. The van der Waals surface area contributed by atoms with Gasteiger partial charge in [0, 0.05) is 12.3 Å². The molecule has 2 aromatic carbocycles. The maximum atomic E-state index is 11.2. The lowest BCUT2D eigenvalue weighted by atomic mass is 10.1. The molecule has 27 heavy (non-hydrogen) atoms. The highest BCUT2D eigenvalue weighted by Crippen LogP contribution is 2.37. The van der Waals surface area contributed by atoms with Crippen LogP contribution in [0.2, 0.25) is 5.02 Å². The van der Waals surface area contributed by atoms with E-state index in [0.29, 0.717) is 5.75 Å². The molecular formula is C21H18ClNO4. The molecule has 1 heterocycles. The average molecular weight is 384 g/mol. The molecule has 1 aromatic heterocycles. The summed E-state index contributed by atoms with van der Waals surface area (Å²) >= 11 is 6.23. The second-order valence-electron chi connectivity index (χ2n) is 5.73. The molecule has 0 N–H and O–H groups in total. The molecule has 0 bridgehead atoms. The van der Waals surface area contributed by atoms with Crippen LogP contribution in [0, 0.1) is 0 Å². The zero-order chi connectivity index (χ0) is 19.4. The topological polar surface area (TPSA) is 57.6 Å². The van der Waals surface area contributed by atoms with E-state index in [1.807, 2.05) is 42.5 Å². The van der Waals surface area contributed by atoms with Gasteiger partial charge in [0.15, 0.2) is 11.5 Å². The largest absolute Gasteiger partial charge is 0.494 e. The molecule has 0 fully saturated rings. The first-order valence-electron chi connectivity index (χ1n) is 8.19. The van der Waals surface area contributed by atoms with Crippen LogP contribution >= 0.6 is 11.6 Å². The lowest BCUT2D eigenvalue weighted by Crippen LogP contribution is -2.03. The fraction of sp³-hybridized carbons (Fsp3) is 0.143. The number of hydrogen-bond donors (Lipinski definition) is 0. The average Bonchev–Trinajstić information content (AvgIpc) is 2.67. The molecule has 0 aliphatic heterocycles. The highest BCUT2D eigenvalue weighted by Gasteiger charge is 2.13. The number of nitrogens with zero attached hydrogens (tertiary/aromatic N) is 1. The number of esters is 1. The fourth-order valence-corrected chi connectivity index (χ4v) is 2.91. The summed E-state index contributed by atoms with van der Waals surface area (Å²) in [6.45, 7) is 1.31. The number of pyridine rings is 1. The van der Waals surface area contributed by atoms with Gasteiger partial charge in [-0.25, -0.2) is 4.98 Å². The summed E-state index contributed by atoms with van der Waals surface area (Å²) in [4.78, 5) is 15.9. The van der Waals surface area contributed by atoms with Gasteiger partial charge in [-0.3, -0.25) is 4.79 Å². The number of rotatable bonds is 5. The third kappa shape index (κ3) is 4.20. The molecule has 0 aliphatic rings. The fourth-order valence-electron chi connectivity index (χ4n) is 2.65. The lowest BCUT2D eigenvalue weighted by Gasteiger charge is -2.10. The van der Waals surface area contributed by atoms with Gasteiger partial charge in [-0.15, -0.1) is 0 Å². The molecule has 6 heteroatoms. The Morgan fingerprint density at radius 3 is 2.52 bits per heavy atom. The number of para-hydroxylation sites is 1. The predicted molar refractivity (Wildman–Crippen MR) is 107 cm³/mol. The van der Waals surface area contributed by atoms with Gasteiger partial charge in [0.1, 0.15) is 11.3 Å². The molecule has 3 aromatic rings. The van der Waals surface area contributed by atoms with Crippen molar-refractivity contribution in [2.24, 2.45) is 0 Å². The summed E-state index contributed by atoms with van der Waals surface area (Å²) in [5, 5.41) is 1.29. The Balaban J connectivity index is 1.95. The number of hydrogen-bond acceptors (Lipinski definition) is 5. The third-order valence-electron chi connectivity index (χ3n) is 3.87. The van der Waals surface area contributed by atoms with Gasteiger partial charge >= 0.3 is 5.97 Å². The maximum absolute atomic E-state index is 11.2. The van der Waals surface area contributed by atoms with Crippen LogP contribution in [0.3, 0.4) is 0 Å². The van der Waals surface area contributed by atoms with Crippen LogP contribution < -0.4 is 14.2 Å². The van der Waals surface area contributed by atoms with Crippen LogP contribution in [-0.4, -0.2) is 25.2 Å². The number of carbonyl (C=O) groups excluding carboxylic acids is 1. The molecule has 5 nitrogen and oxygen atoms in total. The Labute approximate surface area is 162 Å². The first-order chi connectivity index (χ1) is 13.0. The van der Waals surface area contributed by atoms with E-state index in [1.165, 1.54) is 14.0 Å². The van der Waals surface area contributed by atoms with E-state index in [0.717, 1.165) is 27.9 Å². The van der Waals surface area contributed by atoms with Crippen LogP contribution in [0.15, 0.2) is 42.5 Å². The Hall–Kier alpha value is -3.05. The summed E-state index contributed by atoms with van der Waals surface area (Å²) < 4.78 is 15.8. The van der Waals surface area contributed by atoms with E-state index in [1.54, 1.807) is 19.2 Å². The molecule has 0 radical (unpaired) electrons. The standard InChI is InChI=1S/C21H18ClNO4/c1-13(24)27-21-17(22)11-14(12-19(21)26-3)7-9-16-10-8-15-5-4-6-18(25-2)20(15)23-16/h4-12H,1-3H3. The van der Waals surface area contributed by atoms with Crippen molar-refractivity contribution in [3.63, 3.8) is 0 Å². The first-order valence-corrected chi connectivity index (χ1v) is 8.57. The van der Waals surface area contributed by atoms with Gasteiger partial charge in [0.05, 0.1) is 24.9 Å². The number of ether oxygens (including phenoxy) is 3. The monoisotopic (exact) mass is 383 g/mol. The maximum Gasteiger partial charge on any atom is 0.308 e. The zero-order valence-corrected chi connectivity index (χ0v) is 15.9. The minimum atomic E-state index is -0.465. The number of aromatic nitrogens is 1. The van der Waals surface area contributed by atoms with Gasteiger partial charge in [0.25, 0.3) is 0 Å².